The first-order chi connectivity index (χ1) is 7.97. The highest BCUT2D eigenvalue weighted by atomic mass is 16.3. The van der Waals surface area contributed by atoms with Crippen molar-refractivity contribution in [2.75, 3.05) is 7.05 Å². The predicted molar refractivity (Wildman–Crippen MR) is 71.9 cm³/mol. The van der Waals surface area contributed by atoms with E-state index in [9.17, 15) is 5.11 Å². The van der Waals surface area contributed by atoms with Gasteiger partial charge in [0.25, 0.3) is 0 Å². The molecule has 100 valence electrons. The molecule has 17 heavy (non-hydrogen) atoms. The Morgan fingerprint density at radius 3 is 2.06 bits per heavy atom. The van der Waals surface area contributed by atoms with Crippen LogP contribution in [0.2, 0.25) is 0 Å². The molecule has 2 aliphatic rings. The lowest BCUT2D eigenvalue weighted by atomic mass is 9.53. The quantitative estimate of drug-likeness (QED) is 0.794. The van der Waals surface area contributed by atoms with Gasteiger partial charge in [0.15, 0.2) is 0 Å². The van der Waals surface area contributed by atoms with Gasteiger partial charge in [-0.25, -0.2) is 0 Å². The molecule has 4 atom stereocenters. The van der Waals surface area contributed by atoms with Crippen LogP contribution in [0.5, 0.6) is 0 Å². The number of nitrogens with one attached hydrogen (secondary N) is 1. The van der Waals surface area contributed by atoms with E-state index in [1.807, 2.05) is 14.0 Å². The van der Waals surface area contributed by atoms with Crippen LogP contribution in [0, 0.1) is 23.2 Å². The number of hydrogen-bond acceptors (Lipinski definition) is 2. The molecule has 0 aliphatic heterocycles. The summed E-state index contributed by atoms with van der Waals surface area (Å²) in [5.41, 5.74) is 0.350. The van der Waals surface area contributed by atoms with Gasteiger partial charge in [0.1, 0.15) is 0 Å². The van der Waals surface area contributed by atoms with E-state index in [0.29, 0.717) is 5.41 Å². The Kier molecular flexibility index (Phi) is 3.84. The van der Waals surface area contributed by atoms with Crippen LogP contribution in [0.4, 0.5) is 0 Å². The number of aliphatic hydroxyl groups is 1. The second-order valence-corrected chi connectivity index (χ2v) is 7.03. The maximum atomic E-state index is 10.1. The van der Waals surface area contributed by atoms with Crippen LogP contribution in [0.25, 0.3) is 0 Å². The van der Waals surface area contributed by atoms with Crippen molar-refractivity contribution in [2.24, 2.45) is 23.2 Å². The monoisotopic (exact) mass is 239 g/mol. The lowest BCUT2D eigenvalue weighted by molar-refractivity contribution is -0.0452. The zero-order chi connectivity index (χ0) is 12.6. The van der Waals surface area contributed by atoms with Gasteiger partial charge in [-0.15, -0.1) is 0 Å². The van der Waals surface area contributed by atoms with Gasteiger partial charge in [0.2, 0.25) is 0 Å². The summed E-state index contributed by atoms with van der Waals surface area (Å²) in [5.74, 6) is 2.56. The van der Waals surface area contributed by atoms with Gasteiger partial charge in [-0.05, 0) is 69.2 Å². The van der Waals surface area contributed by atoms with Crippen molar-refractivity contribution in [1.29, 1.82) is 0 Å². The van der Waals surface area contributed by atoms with Gasteiger partial charge in [0.05, 0.1) is 6.10 Å². The summed E-state index contributed by atoms with van der Waals surface area (Å²) >= 11 is 0. The highest BCUT2D eigenvalue weighted by Crippen LogP contribution is 2.54. The van der Waals surface area contributed by atoms with Crippen LogP contribution < -0.4 is 5.32 Å². The van der Waals surface area contributed by atoms with E-state index < -0.39 is 0 Å². The van der Waals surface area contributed by atoms with Gasteiger partial charge in [-0.3, -0.25) is 0 Å². The molecule has 0 aromatic rings. The lowest BCUT2D eigenvalue weighted by Gasteiger charge is -2.54. The maximum absolute atomic E-state index is 10.1. The van der Waals surface area contributed by atoms with E-state index in [-0.39, 0.29) is 12.1 Å². The second kappa shape index (κ2) is 4.89. The molecule has 2 rings (SSSR count). The predicted octanol–water partition coefficient (Wildman–Crippen LogP) is 2.81. The molecule has 0 amide bonds. The van der Waals surface area contributed by atoms with Crippen molar-refractivity contribution in [3.63, 3.8) is 0 Å². The average molecular weight is 239 g/mol. The summed E-state index contributed by atoms with van der Waals surface area (Å²) in [5, 5.41) is 13.5. The molecule has 0 aromatic heterocycles. The first-order valence-electron chi connectivity index (χ1n) is 7.32. The standard InChI is InChI=1S/C15H29NO/c1-10-5-13-6-11(2)8-15(7-10,9-13)14(16-4)12(3)17/h10-14,16-17H,5-9H2,1-4H3. The van der Waals surface area contributed by atoms with Crippen LogP contribution in [0.15, 0.2) is 0 Å². The second-order valence-electron chi connectivity index (χ2n) is 7.03. The average Bonchev–Trinajstić information content (AvgIpc) is 2.13. The Morgan fingerprint density at radius 1 is 1.12 bits per heavy atom. The van der Waals surface area contributed by atoms with E-state index >= 15 is 0 Å². The fourth-order valence-electron chi connectivity index (χ4n) is 5.22. The first kappa shape index (κ1) is 13.4. The number of fused-ring (bicyclic) bond motifs is 2. The SMILES string of the molecule is CNC(C(C)O)C12CC(C)CC(CC(C)C1)C2. The Morgan fingerprint density at radius 2 is 1.65 bits per heavy atom. The minimum absolute atomic E-state index is 0.240. The van der Waals surface area contributed by atoms with E-state index in [4.69, 9.17) is 0 Å². The molecule has 2 aliphatic carbocycles. The molecule has 0 heterocycles. The number of rotatable bonds is 3. The zero-order valence-electron chi connectivity index (χ0n) is 11.9. The van der Waals surface area contributed by atoms with Gasteiger partial charge >= 0.3 is 0 Å². The molecule has 2 nitrogen and oxygen atoms in total. The van der Waals surface area contributed by atoms with Crippen molar-refractivity contribution < 1.29 is 5.11 Å². The summed E-state index contributed by atoms with van der Waals surface area (Å²) in [4.78, 5) is 0. The van der Waals surface area contributed by atoms with E-state index in [1.54, 1.807) is 0 Å². The third-order valence-electron chi connectivity index (χ3n) is 5.13. The van der Waals surface area contributed by atoms with Gasteiger partial charge in [-0.2, -0.15) is 0 Å². The third-order valence-corrected chi connectivity index (χ3v) is 5.13. The molecule has 0 saturated heterocycles. The van der Waals surface area contributed by atoms with Gasteiger partial charge < -0.3 is 10.4 Å². The summed E-state index contributed by atoms with van der Waals surface area (Å²) < 4.78 is 0. The normalized spacial score (nSPS) is 45.4. The molecule has 4 unspecified atom stereocenters. The maximum Gasteiger partial charge on any atom is 0.0670 e. The smallest absolute Gasteiger partial charge is 0.0670 e. The highest BCUT2D eigenvalue weighted by molar-refractivity contribution is 5.02. The molecule has 0 radical (unpaired) electrons. The number of hydrogen-bond donors (Lipinski definition) is 2. The molecular weight excluding hydrogens is 210 g/mol. The zero-order valence-corrected chi connectivity index (χ0v) is 11.9. The third kappa shape index (κ3) is 2.53. The van der Waals surface area contributed by atoms with Crippen LogP contribution in [0.3, 0.4) is 0 Å². The molecule has 2 bridgehead atoms. The minimum Gasteiger partial charge on any atom is -0.392 e. The molecule has 2 N–H and O–H groups in total. The van der Waals surface area contributed by atoms with E-state index in [2.05, 4.69) is 19.2 Å². The highest BCUT2D eigenvalue weighted by Gasteiger charge is 2.49. The summed E-state index contributed by atoms with van der Waals surface area (Å²) in [6.45, 7) is 6.74. The largest absolute Gasteiger partial charge is 0.392 e. The molecule has 0 spiro atoms. The van der Waals surface area contributed by atoms with Gasteiger partial charge in [-0.1, -0.05) is 13.8 Å². The lowest BCUT2D eigenvalue weighted by Crippen LogP contribution is -2.55. The number of aliphatic hydroxyl groups excluding tert-OH is 1. The Bertz CT molecular complexity index is 244. The van der Waals surface area contributed by atoms with Crippen molar-refractivity contribution in [1.82, 2.24) is 5.32 Å². The summed E-state index contributed by atoms with van der Waals surface area (Å²) in [6.07, 6.45) is 6.49. The first-order valence-corrected chi connectivity index (χ1v) is 7.32. The Hall–Kier alpha value is -0.0800. The summed E-state index contributed by atoms with van der Waals surface area (Å²) in [7, 11) is 2.01. The van der Waals surface area contributed by atoms with Gasteiger partial charge in [0, 0.05) is 6.04 Å². The number of likely N-dealkylation sites (N-methyl/N-ethyl adjacent to an activating group) is 1. The topological polar surface area (TPSA) is 32.3 Å². The van der Waals surface area contributed by atoms with Crippen LogP contribution in [-0.4, -0.2) is 24.3 Å². The summed E-state index contributed by atoms with van der Waals surface area (Å²) in [6, 6.07) is 0.274. The molecule has 2 fully saturated rings. The Labute approximate surface area is 106 Å². The van der Waals surface area contributed by atoms with Crippen molar-refractivity contribution in [3.8, 4) is 0 Å². The Balaban J connectivity index is 2.24. The van der Waals surface area contributed by atoms with Crippen molar-refractivity contribution in [2.45, 2.75) is 65.0 Å². The van der Waals surface area contributed by atoms with Crippen LogP contribution >= 0.6 is 0 Å². The molecule has 2 heteroatoms. The van der Waals surface area contributed by atoms with Crippen LogP contribution in [0.1, 0.15) is 52.9 Å². The van der Waals surface area contributed by atoms with Crippen molar-refractivity contribution >= 4 is 0 Å². The van der Waals surface area contributed by atoms with E-state index in [0.717, 1.165) is 17.8 Å². The molecule has 0 aromatic carbocycles. The molecular formula is C15H29NO. The molecule has 2 saturated carbocycles. The van der Waals surface area contributed by atoms with E-state index in [1.165, 1.54) is 32.1 Å². The van der Waals surface area contributed by atoms with Crippen LogP contribution in [-0.2, 0) is 0 Å². The van der Waals surface area contributed by atoms with Crippen molar-refractivity contribution in [3.05, 3.63) is 0 Å². The fraction of sp³-hybridized carbons (Fsp3) is 1.00. The fourth-order valence-corrected chi connectivity index (χ4v) is 5.22. The minimum atomic E-state index is -0.240.